The second-order valence-corrected chi connectivity index (χ2v) is 5.99. The van der Waals surface area contributed by atoms with Crippen LogP contribution in [0.4, 0.5) is 0 Å². The Bertz CT molecular complexity index is 875. The van der Waals surface area contributed by atoms with Gasteiger partial charge in [-0.15, -0.1) is 0 Å². The quantitative estimate of drug-likeness (QED) is 0.770. The fourth-order valence-electron chi connectivity index (χ4n) is 2.52. The van der Waals surface area contributed by atoms with Crippen LogP contribution in [0.15, 0.2) is 46.1 Å². The van der Waals surface area contributed by atoms with E-state index in [2.05, 4.69) is 4.98 Å². The van der Waals surface area contributed by atoms with Crippen LogP contribution < -0.4 is 11.2 Å². The van der Waals surface area contributed by atoms with Gasteiger partial charge in [0.25, 0.3) is 5.56 Å². The van der Waals surface area contributed by atoms with Crippen molar-refractivity contribution in [2.75, 3.05) is 6.61 Å². The Labute approximate surface area is 146 Å². The topological polar surface area (TPSA) is 111 Å². The highest BCUT2D eigenvalue weighted by atomic mass is 35.5. The number of benzene rings is 1. The average molecular weight is 367 g/mol. The first-order valence-electron chi connectivity index (χ1n) is 7.52. The van der Waals surface area contributed by atoms with E-state index in [1.165, 1.54) is 29.0 Å². The van der Waals surface area contributed by atoms with Gasteiger partial charge in [-0.25, -0.2) is 9.59 Å². The van der Waals surface area contributed by atoms with Gasteiger partial charge >= 0.3 is 11.7 Å². The number of aromatic nitrogens is 2. The molecule has 1 fully saturated rings. The predicted molar refractivity (Wildman–Crippen MR) is 87.6 cm³/mol. The Kier molecular flexibility index (Phi) is 5.03. The van der Waals surface area contributed by atoms with Crippen LogP contribution in [0.3, 0.4) is 0 Å². The highest BCUT2D eigenvalue weighted by Gasteiger charge is 2.36. The number of esters is 1. The van der Waals surface area contributed by atoms with Crippen molar-refractivity contribution in [1.29, 1.82) is 0 Å². The summed E-state index contributed by atoms with van der Waals surface area (Å²) in [5.41, 5.74) is -0.831. The Morgan fingerprint density at radius 3 is 2.72 bits per heavy atom. The summed E-state index contributed by atoms with van der Waals surface area (Å²) >= 11 is 5.76. The number of nitrogens with one attached hydrogen (secondary N) is 1. The van der Waals surface area contributed by atoms with Crippen molar-refractivity contribution >= 4 is 17.6 Å². The van der Waals surface area contributed by atoms with Gasteiger partial charge in [-0.2, -0.15) is 0 Å². The summed E-state index contributed by atoms with van der Waals surface area (Å²) in [5, 5.41) is 10.6. The molecule has 0 saturated carbocycles. The van der Waals surface area contributed by atoms with E-state index in [4.69, 9.17) is 21.1 Å². The number of aromatic amines is 1. The molecule has 132 valence electrons. The molecule has 25 heavy (non-hydrogen) atoms. The maximum absolute atomic E-state index is 12.0. The van der Waals surface area contributed by atoms with Gasteiger partial charge in [0.05, 0.1) is 11.7 Å². The van der Waals surface area contributed by atoms with Crippen molar-refractivity contribution in [3.63, 3.8) is 0 Å². The van der Waals surface area contributed by atoms with Gasteiger partial charge in [0, 0.05) is 23.7 Å². The zero-order valence-corrected chi connectivity index (χ0v) is 13.7. The lowest BCUT2D eigenvalue weighted by Crippen LogP contribution is -2.32. The van der Waals surface area contributed by atoms with Gasteiger partial charge < -0.3 is 14.6 Å². The van der Waals surface area contributed by atoms with Crippen LogP contribution in [0.2, 0.25) is 5.02 Å². The van der Waals surface area contributed by atoms with Crippen LogP contribution in [0.1, 0.15) is 23.0 Å². The molecule has 1 saturated heterocycles. The van der Waals surface area contributed by atoms with Crippen molar-refractivity contribution in [1.82, 2.24) is 9.55 Å². The number of hydrogen-bond donors (Lipinski definition) is 2. The van der Waals surface area contributed by atoms with Crippen molar-refractivity contribution in [2.24, 2.45) is 0 Å². The van der Waals surface area contributed by atoms with Crippen molar-refractivity contribution in [2.45, 2.75) is 24.9 Å². The molecule has 2 aromatic rings. The first-order valence-corrected chi connectivity index (χ1v) is 7.89. The molecule has 3 rings (SSSR count). The molecule has 0 spiro atoms. The van der Waals surface area contributed by atoms with E-state index in [1.807, 2.05) is 0 Å². The Morgan fingerprint density at radius 1 is 1.32 bits per heavy atom. The summed E-state index contributed by atoms with van der Waals surface area (Å²) in [6, 6.07) is 7.37. The first-order chi connectivity index (χ1) is 11.9. The van der Waals surface area contributed by atoms with Gasteiger partial charge in [0.15, 0.2) is 0 Å². The summed E-state index contributed by atoms with van der Waals surface area (Å²) < 4.78 is 11.9. The van der Waals surface area contributed by atoms with Crippen LogP contribution in [0.25, 0.3) is 0 Å². The summed E-state index contributed by atoms with van der Waals surface area (Å²) in [5.74, 6) is -0.572. The zero-order chi connectivity index (χ0) is 18.0. The van der Waals surface area contributed by atoms with Gasteiger partial charge in [0.1, 0.15) is 18.9 Å². The maximum atomic E-state index is 12.0. The van der Waals surface area contributed by atoms with E-state index in [1.54, 1.807) is 12.1 Å². The van der Waals surface area contributed by atoms with E-state index in [9.17, 15) is 19.5 Å². The molecule has 1 aromatic carbocycles. The van der Waals surface area contributed by atoms with Crippen LogP contribution in [0, 0.1) is 0 Å². The number of carbonyl (C=O) groups is 1. The molecule has 1 aliphatic rings. The molecule has 3 atom stereocenters. The second kappa shape index (κ2) is 7.22. The molecular formula is C16H15ClN2O6. The smallest absolute Gasteiger partial charge is 0.338 e. The molecule has 0 radical (unpaired) electrons. The van der Waals surface area contributed by atoms with Crippen molar-refractivity contribution in [3.05, 3.63) is 68.0 Å². The lowest BCUT2D eigenvalue weighted by atomic mass is 10.2. The van der Waals surface area contributed by atoms with Crippen LogP contribution in [0.5, 0.6) is 0 Å². The molecule has 0 bridgehead atoms. The van der Waals surface area contributed by atoms with Gasteiger partial charge in [0.2, 0.25) is 0 Å². The highest BCUT2D eigenvalue weighted by Crippen LogP contribution is 2.27. The Hall–Kier alpha value is -2.42. The van der Waals surface area contributed by atoms with Crippen LogP contribution in [-0.2, 0) is 9.47 Å². The third-order valence-electron chi connectivity index (χ3n) is 3.82. The summed E-state index contributed by atoms with van der Waals surface area (Å²) in [6.07, 6.45) is -1.02. The van der Waals surface area contributed by atoms with E-state index in [0.29, 0.717) is 10.6 Å². The molecule has 1 aliphatic heterocycles. The van der Waals surface area contributed by atoms with Crippen LogP contribution in [-0.4, -0.2) is 39.4 Å². The standard InChI is InChI=1S/C16H15ClN2O6/c17-10-3-1-9(2-4-10)15(22)24-8-12-11(20)7-14(25-12)19-6-5-13(21)18-16(19)23/h1-6,11-12,14,20H,7-8H2,(H,18,21,23)/t11-,12+,14+/m0/s1. The number of rotatable bonds is 4. The number of H-pyrrole nitrogens is 1. The number of carbonyl (C=O) groups excluding carboxylic acids is 1. The SMILES string of the molecule is O=C(OC[C@H]1O[C@@H](n2ccc(=O)[nH]c2=O)C[C@@H]1O)c1ccc(Cl)cc1. The summed E-state index contributed by atoms with van der Waals surface area (Å²) in [6.45, 7) is -0.169. The van der Waals surface area contributed by atoms with Gasteiger partial charge in [-0.3, -0.25) is 14.3 Å². The molecule has 9 heteroatoms. The van der Waals surface area contributed by atoms with Gasteiger partial charge in [-0.1, -0.05) is 11.6 Å². The number of halogens is 1. The minimum Gasteiger partial charge on any atom is -0.459 e. The fourth-order valence-corrected chi connectivity index (χ4v) is 2.64. The number of aliphatic hydroxyl groups is 1. The lowest BCUT2D eigenvalue weighted by molar-refractivity contribution is -0.0532. The normalized spacial score (nSPS) is 22.7. The number of hydrogen-bond acceptors (Lipinski definition) is 6. The Morgan fingerprint density at radius 2 is 2.04 bits per heavy atom. The zero-order valence-electron chi connectivity index (χ0n) is 12.9. The molecule has 2 N–H and O–H groups in total. The van der Waals surface area contributed by atoms with Crippen molar-refractivity contribution in [3.8, 4) is 0 Å². The lowest BCUT2D eigenvalue weighted by Gasteiger charge is -2.16. The minimum atomic E-state index is -0.915. The molecule has 0 aliphatic carbocycles. The van der Waals surface area contributed by atoms with Crippen LogP contribution >= 0.6 is 11.6 Å². The molecule has 8 nitrogen and oxygen atoms in total. The van der Waals surface area contributed by atoms with Crippen molar-refractivity contribution < 1.29 is 19.4 Å². The molecular weight excluding hydrogens is 352 g/mol. The first kappa shape index (κ1) is 17.4. The molecule has 2 heterocycles. The van der Waals surface area contributed by atoms with E-state index >= 15 is 0 Å². The Balaban J connectivity index is 1.62. The largest absolute Gasteiger partial charge is 0.459 e. The van der Waals surface area contributed by atoms with E-state index in [0.717, 1.165) is 0 Å². The molecule has 0 unspecified atom stereocenters. The third kappa shape index (κ3) is 3.98. The van der Waals surface area contributed by atoms with Gasteiger partial charge in [-0.05, 0) is 24.3 Å². The van der Waals surface area contributed by atoms with E-state index < -0.39 is 35.7 Å². The third-order valence-corrected chi connectivity index (χ3v) is 4.08. The highest BCUT2D eigenvalue weighted by molar-refractivity contribution is 6.30. The predicted octanol–water partition coefficient (Wildman–Crippen LogP) is 0.695. The molecule has 0 amide bonds. The number of ether oxygens (including phenoxy) is 2. The monoisotopic (exact) mass is 366 g/mol. The fraction of sp³-hybridized carbons (Fsp3) is 0.312. The molecule has 1 aromatic heterocycles. The number of aliphatic hydroxyl groups excluding tert-OH is 1. The number of nitrogens with zero attached hydrogens (tertiary/aromatic N) is 1. The second-order valence-electron chi connectivity index (χ2n) is 5.56. The van der Waals surface area contributed by atoms with E-state index in [-0.39, 0.29) is 13.0 Å². The summed E-state index contributed by atoms with van der Waals surface area (Å²) in [4.78, 5) is 36.9. The average Bonchev–Trinajstić information content (AvgIpc) is 2.94. The minimum absolute atomic E-state index is 0.134. The maximum Gasteiger partial charge on any atom is 0.338 e. The summed E-state index contributed by atoms with van der Waals surface area (Å²) in [7, 11) is 0.